The van der Waals surface area contributed by atoms with Crippen molar-refractivity contribution in [3.8, 4) is 0 Å². The SMILES string of the molecule is C=C(C)C(=O)O/C(CCCC)=C(/C)C(=O)OC(C)N(C)C. The molecule has 0 fully saturated rings. The lowest BCUT2D eigenvalue weighted by Gasteiger charge is -2.21. The van der Waals surface area contributed by atoms with Crippen molar-refractivity contribution in [1.29, 1.82) is 0 Å². The number of esters is 2. The molecule has 1 unspecified atom stereocenters. The maximum Gasteiger partial charge on any atom is 0.338 e. The van der Waals surface area contributed by atoms with Gasteiger partial charge in [-0.25, -0.2) is 9.59 Å². The molecule has 0 bridgehead atoms. The van der Waals surface area contributed by atoms with Crippen molar-refractivity contribution < 1.29 is 19.1 Å². The summed E-state index contributed by atoms with van der Waals surface area (Å²) in [7, 11) is 3.63. The first kappa shape index (κ1) is 19.4. The minimum atomic E-state index is -0.520. The molecule has 0 aliphatic rings. The Hall–Kier alpha value is -1.62. The van der Waals surface area contributed by atoms with Gasteiger partial charge in [-0.3, -0.25) is 4.90 Å². The molecular weight excluding hydrogens is 270 g/mol. The molecule has 0 radical (unpaired) electrons. The van der Waals surface area contributed by atoms with E-state index < -0.39 is 11.9 Å². The Labute approximate surface area is 127 Å². The van der Waals surface area contributed by atoms with Gasteiger partial charge < -0.3 is 9.47 Å². The number of unbranched alkanes of at least 4 members (excludes halogenated alkanes) is 1. The predicted octanol–water partition coefficient (Wildman–Crippen LogP) is 3.02. The number of rotatable bonds is 8. The van der Waals surface area contributed by atoms with Gasteiger partial charge in [0.2, 0.25) is 0 Å². The monoisotopic (exact) mass is 297 g/mol. The van der Waals surface area contributed by atoms with Crippen LogP contribution >= 0.6 is 0 Å². The van der Waals surface area contributed by atoms with Crippen LogP contribution in [0.1, 0.15) is 47.0 Å². The summed E-state index contributed by atoms with van der Waals surface area (Å²) in [5, 5.41) is 0. The van der Waals surface area contributed by atoms with Gasteiger partial charge in [-0.05, 0) is 41.3 Å². The minimum absolute atomic E-state index is 0.298. The van der Waals surface area contributed by atoms with Crippen LogP contribution in [0.25, 0.3) is 0 Å². The standard InChI is InChI=1S/C16H27NO4/c1-8-9-10-14(21-15(18)11(2)3)12(4)16(19)20-13(5)17(6)7/h13H,2,8-10H2,1,3-7H3/b14-12-. The van der Waals surface area contributed by atoms with E-state index in [0.29, 0.717) is 23.3 Å². The smallest absolute Gasteiger partial charge is 0.338 e. The van der Waals surface area contributed by atoms with Crippen molar-refractivity contribution in [1.82, 2.24) is 4.90 Å². The summed E-state index contributed by atoms with van der Waals surface area (Å²) in [4.78, 5) is 25.5. The molecule has 21 heavy (non-hydrogen) atoms. The number of allylic oxidation sites excluding steroid dienone is 1. The van der Waals surface area contributed by atoms with Crippen LogP contribution in [0.2, 0.25) is 0 Å². The van der Waals surface area contributed by atoms with E-state index >= 15 is 0 Å². The minimum Gasteiger partial charge on any atom is -0.443 e. The van der Waals surface area contributed by atoms with Gasteiger partial charge in [0, 0.05) is 12.0 Å². The lowest BCUT2D eigenvalue weighted by molar-refractivity contribution is -0.150. The summed E-state index contributed by atoms with van der Waals surface area (Å²) in [6.45, 7) is 10.5. The highest BCUT2D eigenvalue weighted by Gasteiger charge is 2.19. The van der Waals surface area contributed by atoms with Gasteiger partial charge in [0.05, 0.1) is 5.57 Å². The first-order valence-corrected chi connectivity index (χ1v) is 7.15. The van der Waals surface area contributed by atoms with Crippen LogP contribution in [0.5, 0.6) is 0 Å². The second kappa shape index (κ2) is 9.34. The van der Waals surface area contributed by atoms with Crippen molar-refractivity contribution in [2.75, 3.05) is 14.1 Å². The normalized spacial score (nSPS) is 13.5. The average Bonchev–Trinajstić information content (AvgIpc) is 2.41. The number of nitrogens with zero attached hydrogens (tertiary/aromatic N) is 1. The third-order valence-electron chi connectivity index (χ3n) is 3.05. The number of hydrogen-bond donors (Lipinski definition) is 0. The van der Waals surface area contributed by atoms with Crippen LogP contribution in [-0.4, -0.2) is 37.2 Å². The Bertz CT molecular complexity index is 424. The van der Waals surface area contributed by atoms with Gasteiger partial charge >= 0.3 is 11.9 Å². The largest absolute Gasteiger partial charge is 0.443 e. The van der Waals surface area contributed by atoms with E-state index in [4.69, 9.17) is 9.47 Å². The Morgan fingerprint density at radius 2 is 1.76 bits per heavy atom. The molecular formula is C16H27NO4. The topological polar surface area (TPSA) is 55.8 Å². The lowest BCUT2D eigenvalue weighted by Crippen LogP contribution is -2.30. The van der Waals surface area contributed by atoms with E-state index in [2.05, 4.69) is 6.58 Å². The van der Waals surface area contributed by atoms with Gasteiger partial charge in [-0.15, -0.1) is 0 Å². The van der Waals surface area contributed by atoms with Crippen LogP contribution in [0.15, 0.2) is 23.5 Å². The fraction of sp³-hybridized carbons (Fsp3) is 0.625. The Morgan fingerprint density at radius 3 is 2.19 bits per heavy atom. The highest BCUT2D eigenvalue weighted by Crippen LogP contribution is 2.18. The van der Waals surface area contributed by atoms with Crippen molar-refractivity contribution in [3.05, 3.63) is 23.5 Å². The van der Waals surface area contributed by atoms with Crippen molar-refractivity contribution in [2.45, 2.75) is 53.2 Å². The number of hydrogen-bond acceptors (Lipinski definition) is 5. The highest BCUT2D eigenvalue weighted by molar-refractivity contribution is 5.91. The van der Waals surface area contributed by atoms with E-state index in [9.17, 15) is 9.59 Å². The molecule has 0 aromatic heterocycles. The lowest BCUT2D eigenvalue weighted by atomic mass is 10.1. The summed E-state index contributed by atoms with van der Waals surface area (Å²) in [6.07, 6.45) is 1.93. The summed E-state index contributed by atoms with van der Waals surface area (Å²) in [6, 6.07) is 0. The molecule has 5 heteroatoms. The molecule has 1 atom stereocenters. The quantitative estimate of drug-likeness (QED) is 0.298. The van der Waals surface area contributed by atoms with Crippen LogP contribution in [0, 0.1) is 0 Å². The number of ether oxygens (including phenoxy) is 2. The van der Waals surface area contributed by atoms with Crippen molar-refractivity contribution >= 4 is 11.9 Å². The Balaban J connectivity index is 5.09. The fourth-order valence-electron chi connectivity index (χ4n) is 1.31. The molecule has 0 saturated carbocycles. The third-order valence-corrected chi connectivity index (χ3v) is 3.05. The van der Waals surface area contributed by atoms with Gasteiger partial charge in [-0.2, -0.15) is 0 Å². The molecule has 0 aromatic carbocycles. The molecule has 0 N–H and O–H groups in total. The Morgan fingerprint density at radius 1 is 1.19 bits per heavy atom. The first-order chi connectivity index (χ1) is 9.70. The zero-order valence-corrected chi connectivity index (χ0v) is 14.0. The van der Waals surface area contributed by atoms with Crippen molar-refractivity contribution in [2.24, 2.45) is 0 Å². The second-order valence-corrected chi connectivity index (χ2v) is 5.29. The molecule has 0 rings (SSSR count). The summed E-state index contributed by atoms with van der Waals surface area (Å²) < 4.78 is 10.6. The first-order valence-electron chi connectivity index (χ1n) is 7.15. The Kier molecular flexibility index (Phi) is 8.62. The fourth-order valence-corrected chi connectivity index (χ4v) is 1.31. The molecule has 0 amide bonds. The molecule has 5 nitrogen and oxygen atoms in total. The van der Waals surface area contributed by atoms with Crippen LogP contribution < -0.4 is 0 Å². The zero-order valence-electron chi connectivity index (χ0n) is 14.0. The maximum atomic E-state index is 12.1. The molecule has 0 aromatic rings. The van der Waals surface area contributed by atoms with E-state index in [-0.39, 0.29) is 6.23 Å². The van der Waals surface area contributed by atoms with Crippen LogP contribution in [-0.2, 0) is 19.1 Å². The maximum absolute atomic E-state index is 12.1. The highest BCUT2D eigenvalue weighted by atomic mass is 16.6. The summed E-state index contributed by atoms with van der Waals surface area (Å²) >= 11 is 0. The van der Waals surface area contributed by atoms with E-state index in [0.717, 1.165) is 12.8 Å². The molecule has 0 heterocycles. The van der Waals surface area contributed by atoms with Crippen molar-refractivity contribution in [3.63, 3.8) is 0 Å². The molecule has 0 spiro atoms. The number of carbonyl (C=O) groups is 2. The van der Waals surface area contributed by atoms with Crippen LogP contribution in [0.3, 0.4) is 0 Å². The average molecular weight is 297 g/mol. The van der Waals surface area contributed by atoms with E-state index in [1.807, 2.05) is 21.0 Å². The molecule has 0 saturated heterocycles. The predicted molar refractivity (Wildman–Crippen MR) is 82.4 cm³/mol. The van der Waals surface area contributed by atoms with Crippen LogP contribution in [0.4, 0.5) is 0 Å². The summed E-state index contributed by atoms with van der Waals surface area (Å²) in [5.41, 5.74) is 0.624. The molecule has 120 valence electrons. The van der Waals surface area contributed by atoms with E-state index in [1.165, 1.54) is 0 Å². The van der Waals surface area contributed by atoms with Gasteiger partial charge in [-0.1, -0.05) is 19.9 Å². The third kappa shape index (κ3) is 7.09. The van der Waals surface area contributed by atoms with E-state index in [1.54, 1.807) is 25.7 Å². The summed E-state index contributed by atoms with van der Waals surface area (Å²) in [5.74, 6) is -0.633. The molecule has 0 aliphatic heterocycles. The second-order valence-electron chi connectivity index (χ2n) is 5.29. The number of carbonyl (C=O) groups excluding carboxylic acids is 2. The van der Waals surface area contributed by atoms with Gasteiger partial charge in [0.1, 0.15) is 5.76 Å². The molecule has 0 aliphatic carbocycles. The van der Waals surface area contributed by atoms with Gasteiger partial charge in [0.25, 0.3) is 0 Å². The van der Waals surface area contributed by atoms with Gasteiger partial charge in [0.15, 0.2) is 6.23 Å². The zero-order chi connectivity index (χ0) is 16.6.